The molecule has 4 N–H and O–H groups in total. The summed E-state index contributed by atoms with van der Waals surface area (Å²) >= 11 is 0. The Labute approximate surface area is 199 Å². The van der Waals surface area contributed by atoms with Gasteiger partial charge in [0.05, 0.1) is 11.3 Å². The molecule has 5 heteroatoms. The molecule has 7 rings (SSSR count). The van der Waals surface area contributed by atoms with Crippen molar-refractivity contribution in [3.8, 4) is 17.2 Å². The highest BCUT2D eigenvalue weighted by Gasteiger charge is 2.58. The monoisotopic (exact) mass is 455 g/mol. The molecule has 4 saturated carbocycles. The van der Waals surface area contributed by atoms with E-state index in [1.807, 2.05) is 12.1 Å². The Bertz CT molecular complexity index is 1230. The Hall–Kier alpha value is -3.47. The molecule has 0 amide bonds. The number of anilines is 1. The van der Waals surface area contributed by atoms with E-state index in [2.05, 4.69) is 24.3 Å². The lowest BCUT2D eigenvalue weighted by Crippen LogP contribution is -2.55. The zero-order valence-corrected chi connectivity index (χ0v) is 19.0. The second-order valence-electron chi connectivity index (χ2n) is 10.8. The van der Waals surface area contributed by atoms with Crippen LogP contribution in [0, 0.1) is 11.8 Å². The largest absolute Gasteiger partial charge is 0.506 e. The van der Waals surface area contributed by atoms with Crippen LogP contribution in [0.5, 0.6) is 17.2 Å². The first kappa shape index (κ1) is 21.1. The van der Waals surface area contributed by atoms with E-state index in [1.54, 1.807) is 24.3 Å². The molecule has 174 valence electrons. The van der Waals surface area contributed by atoms with E-state index >= 15 is 0 Å². The van der Waals surface area contributed by atoms with Crippen molar-refractivity contribution in [3.63, 3.8) is 0 Å². The topological polar surface area (TPSA) is 92.8 Å². The normalized spacial score (nSPS) is 29.2. The number of aromatic hydroxyl groups is 1. The van der Waals surface area contributed by atoms with Crippen LogP contribution in [0.1, 0.15) is 60.0 Å². The second kappa shape index (κ2) is 7.52. The van der Waals surface area contributed by atoms with Crippen molar-refractivity contribution < 1.29 is 19.7 Å². The van der Waals surface area contributed by atoms with E-state index in [0.29, 0.717) is 28.8 Å². The number of carboxylic acid groups (broad SMARTS) is 1. The molecule has 0 aliphatic heterocycles. The predicted molar refractivity (Wildman–Crippen MR) is 130 cm³/mol. The van der Waals surface area contributed by atoms with Gasteiger partial charge in [-0.25, -0.2) is 4.79 Å². The van der Waals surface area contributed by atoms with Crippen LogP contribution in [0.15, 0.2) is 66.7 Å². The number of hydrogen-bond donors (Lipinski definition) is 3. The summed E-state index contributed by atoms with van der Waals surface area (Å²) in [5.74, 6) is 1.87. The summed E-state index contributed by atoms with van der Waals surface area (Å²) in [6, 6.07) is 21.0. The van der Waals surface area contributed by atoms with Gasteiger partial charge in [0.2, 0.25) is 0 Å². The lowest BCUT2D eigenvalue weighted by molar-refractivity contribution is -0.0281. The Balaban J connectivity index is 1.28. The maximum Gasteiger partial charge on any atom is 0.335 e. The summed E-state index contributed by atoms with van der Waals surface area (Å²) in [6.45, 7) is 0. The SMILES string of the molecule is Nc1ccc(Oc2ccc(C34CC5CC(C3)CC(c3ccc(C(=O)O)cc3)(C5)C4)cc2)cc1O. The Kier molecular flexibility index (Phi) is 4.67. The van der Waals surface area contributed by atoms with Crippen LogP contribution < -0.4 is 10.5 Å². The molecule has 0 heterocycles. The van der Waals surface area contributed by atoms with Crippen molar-refractivity contribution >= 4 is 11.7 Å². The molecule has 0 saturated heterocycles. The number of nitrogen functional groups attached to an aromatic ring is 1. The molecule has 2 unspecified atom stereocenters. The molecular weight excluding hydrogens is 426 g/mol. The van der Waals surface area contributed by atoms with Crippen LogP contribution in [0.4, 0.5) is 5.69 Å². The van der Waals surface area contributed by atoms with Gasteiger partial charge >= 0.3 is 5.97 Å². The number of carboxylic acids is 1. The first-order chi connectivity index (χ1) is 16.3. The summed E-state index contributed by atoms with van der Waals surface area (Å²) in [5, 5.41) is 19.2. The number of phenols is 1. The lowest BCUT2D eigenvalue weighted by atomic mass is 9.42. The Morgan fingerprint density at radius 1 is 0.824 bits per heavy atom. The minimum atomic E-state index is -0.870. The number of aromatic carboxylic acids is 1. The third-order valence-corrected chi connectivity index (χ3v) is 8.51. The number of hydrogen-bond acceptors (Lipinski definition) is 4. The number of carbonyl (C=O) groups is 1. The number of benzene rings is 3. The van der Waals surface area contributed by atoms with Crippen molar-refractivity contribution in [2.45, 2.75) is 49.4 Å². The molecular formula is C29H29NO4. The van der Waals surface area contributed by atoms with Crippen molar-refractivity contribution in [2.75, 3.05) is 5.73 Å². The van der Waals surface area contributed by atoms with Crippen LogP contribution in [-0.4, -0.2) is 16.2 Å². The first-order valence-corrected chi connectivity index (χ1v) is 12.0. The molecule has 0 spiro atoms. The molecule has 4 fully saturated rings. The predicted octanol–water partition coefficient (Wildman–Crippen LogP) is 6.25. The zero-order chi connectivity index (χ0) is 23.5. The van der Waals surface area contributed by atoms with Gasteiger partial charge in [0.15, 0.2) is 0 Å². The maximum absolute atomic E-state index is 11.3. The van der Waals surface area contributed by atoms with Gasteiger partial charge in [0.1, 0.15) is 17.2 Å². The van der Waals surface area contributed by atoms with E-state index in [9.17, 15) is 15.0 Å². The molecule has 4 aliphatic rings. The van der Waals surface area contributed by atoms with Gasteiger partial charge in [-0.15, -0.1) is 0 Å². The summed E-state index contributed by atoms with van der Waals surface area (Å²) < 4.78 is 5.94. The van der Waals surface area contributed by atoms with Crippen LogP contribution in [0.25, 0.3) is 0 Å². The fourth-order valence-electron chi connectivity index (χ4n) is 7.50. The molecule has 0 aromatic heterocycles. The van der Waals surface area contributed by atoms with Crippen LogP contribution in [0.2, 0.25) is 0 Å². The molecule has 2 atom stereocenters. The van der Waals surface area contributed by atoms with Gasteiger partial charge in [-0.1, -0.05) is 24.3 Å². The van der Waals surface area contributed by atoms with Crippen molar-refractivity contribution in [2.24, 2.45) is 11.8 Å². The summed E-state index contributed by atoms with van der Waals surface area (Å²) in [5.41, 5.74) is 9.35. The fraction of sp³-hybridized carbons (Fsp3) is 0.345. The third-order valence-electron chi connectivity index (χ3n) is 8.51. The molecule has 4 bridgehead atoms. The molecule has 3 aromatic carbocycles. The molecule has 4 aliphatic carbocycles. The highest BCUT2D eigenvalue weighted by Crippen LogP contribution is 2.66. The first-order valence-electron chi connectivity index (χ1n) is 12.0. The summed E-state index contributed by atoms with van der Waals surface area (Å²) in [4.78, 5) is 11.3. The summed E-state index contributed by atoms with van der Waals surface area (Å²) in [6.07, 6.45) is 7.30. The number of ether oxygens (including phenoxy) is 1. The number of nitrogens with two attached hydrogens (primary N) is 1. The number of phenolic OH excluding ortho intramolecular Hbond substituents is 1. The van der Waals surface area contributed by atoms with Gasteiger partial charge in [-0.3, -0.25) is 0 Å². The average Bonchev–Trinajstić information content (AvgIpc) is 2.81. The van der Waals surface area contributed by atoms with Gasteiger partial charge in [0.25, 0.3) is 0 Å². The summed E-state index contributed by atoms with van der Waals surface area (Å²) in [7, 11) is 0. The van der Waals surface area contributed by atoms with Crippen molar-refractivity contribution in [1.29, 1.82) is 0 Å². The maximum atomic E-state index is 11.3. The second-order valence-corrected chi connectivity index (χ2v) is 10.8. The van der Waals surface area contributed by atoms with E-state index in [4.69, 9.17) is 10.5 Å². The molecule has 3 aromatic rings. The minimum absolute atomic E-state index is 0.0179. The minimum Gasteiger partial charge on any atom is -0.506 e. The van der Waals surface area contributed by atoms with Crippen LogP contribution >= 0.6 is 0 Å². The highest BCUT2D eigenvalue weighted by atomic mass is 16.5. The fourth-order valence-corrected chi connectivity index (χ4v) is 7.50. The van der Waals surface area contributed by atoms with Gasteiger partial charge < -0.3 is 20.7 Å². The zero-order valence-electron chi connectivity index (χ0n) is 19.0. The Morgan fingerprint density at radius 3 is 1.88 bits per heavy atom. The molecule has 0 radical (unpaired) electrons. The molecule has 34 heavy (non-hydrogen) atoms. The number of rotatable bonds is 5. The van der Waals surface area contributed by atoms with Gasteiger partial charge in [-0.05, 0) is 109 Å². The standard InChI is InChI=1S/C29H29NO4/c30-25-10-9-24(12-26(25)31)34-23-7-5-22(6-8-23)29-15-18-11-19(16-29)14-28(13-18,17-29)21-3-1-20(2-4-21)27(32)33/h1-10,12,18-19,31H,11,13-17,30H2,(H,32,33). The molecule has 5 nitrogen and oxygen atoms in total. The van der Waals surface area contributed by atoms with E-state index in [-0.39, 0.29) is 16.6 Å². The quantitative estimate of drug-likeness (QED) is 0.312. The van der Waals surface area contributed by atoms with E-state index < -0.39 is 5.97 Å². The van der Waals surface area contributed by atoms with Crippen LogP contribution in [0.3, 0.4) is 0 Å². The van der Waals surface area contributed by atoms with Crippen LogP contribution in [-0.2, 0) is 10.8 Å². The van der Waals surface area contributed by atoms with Crippen molar-refractivity contribution in [3.05, 3.63) is 83.4 Å². The van der Waals surface area contributed by atoms with E-state index in [1.165, 1.54) is 49.3 Å². The van der Waals surface area contributed by atoms with Gasteiger partial charge in [-0.2, -0.15) is 0 Å². The lowest BCUT2D eigenvalue weighted by Gasteiger charge is -2.62. The highest BCUT2D eigenvalue weighted by molar-refractivity contribution is 5.87. The smallest absolute Gasteiger partial charge is 0.335 e. The average molecular weight is 456 g/mol. The van der Waals surface area contributed by atoms with E-state index in [0.717, 1.165) is 12.2 Å². The Morgan fingerprint density at radius 2 is 1.35 bits per heavy atom. The van der Waals surface area contributed by atoms with Gasteiger partial charge in [0, 0.05) is 6.07 Å². The third kappa shape index (κ3) is 3.42. The van der Waals surface area contributed by atoms with Crippen molar-refractivity contribution in [1.82, 2.24) is 0 Å².